The minimum absolute atomic E-state index is 0. The number of carbonyl (C=O) groups excluding carboxylic acids is 4. The van der Waals surface area contributed by atoms with Crippen LogP contribution >= 0.6 is 0 Å². The van der Waals surface area contributed by atoms with Gasteiger partial charge in [-0.2, -0.15) is 0 Å². The molecule has 3 rings (SSSR count). The van der Waals surface area contributed by atoms with Crippen molar-refractivity contribution < 1.29 is 38.1 Å². The van der Waals surface area contributed by atoms with Crippen LogP contribution in [-0.2, 0) is 30.5 Å². The van der Waals surface area contributed by atoms with E-state index < -0.39 is 41.1 Å². The lowest BCUT2D eigenvalue weighted by Gasteiger charge is -2.29. The van der Waals surface area contributed by atoms with Gasteiger partial charge in [0.05, 0.1) is 33.8 Å². The van der Waals surface area contributed by atoms with Crippen molar-refractivity contribution in [2.24, 2.45) is 0 Å². The number of nitrogens with one attached hydrogen (secondary N) is 3. The Hall–Kier alpha value is -5.11. The minimum Gasteiger partial charge on any atom is -0.493 e. The summed E-state index contributed by atoms with van der Waals surface area (Å²) in [6.07, 6.45) is 2.15. The van der Waals surface area contributed by atoms with Crippen molar-refractivity contribution in [3.05, 3.63) is 72.2 Å². The molecule has 3 N–H and O–H groups in total. The first kappa shape index (κ1) is 40.1. The second-order valence-corrected chi connectivity index (χ2v) is 12.7. The summed E-state index contributed by atoms with van der Waals surface area (Å²) in [5, 5.41) is 7.92. The molecule has 0 spiro atoms. The maximum Gasteiger partial charge on any atom is 0.408 e. The normalized spacial score (nSPS) is 12.4. The highest BCUT2D eigenvalue weighted by molar-refractivity contribution is 5.98. The molecule has 2 aromatic carbocycles. The number of anilines is 1. The summed E-state index contributed by atoms with van der Waals surface area (Å²) in [7, 11) is 6.30. The molecule has 0 bridgehead atoms. The molecule has 49 heavy (non-hydrogen) atoms. The standard InChI is InChI=1S/C34H46N6O8.CH4/c1-33(2,3)48-32(44)38-34(4,5)31(43)36-24(20-47-19-22-13-11-10-12-14-22)29(41)37-27-18-40(21-35-27)28(30(42)39(6)7)23-15-16-25(45-8)26(17-23)46-9;/h10-18,21,24,28H,19-20H2,1-9H3,(H,36,43)(H,37,41)(H,38,44);1H4/t24-,28?;/m1./s1. The van der Waals surface area contributed by atoms with Crippen molar-refractivity contribution in [2.45, 2.75) is 71.9 Å². The van der Waals surface area contributed by atoms with E-state index in [2.05, 4.69) is 20.9 Å². The second-order valence-electron chi connectivity index (χ2n) is 12.7. The van der Waals surface area contributed by atoms with Crippen LogP contribution in [0.5, 0.6) is 11.5 Å². The number of likely N-dealkylation sites (N-methyl/N-ethyl adjacent to an activating group) is 1. The van der Waals surface area contributed by atoms with Gasteiger partial charge in [0, 0.05) is 20.3 Å². The molecule has 0 fully saturated rings. The lowest BCUT2D eigenvalue weighted by molar-refractivity contribution is -0.131. The van der Waals surface area contributed by atoms with Crippen LogP contribution in [0.1, 0.15) is 59.2 Å². The summed E-state index contributed by atoms with van der Waals surface area (Å²) < 4.78 is 23.4. The molecule has 14 nitrogen and oxygen atoms in total. The number of methoxy groups -OCH3 is 2. The third-order valence-corrected chi connectivity index (χ3v) is 6.95. The Balaban J connectivity index is 0.00000833. The fourth-order valence-electron chi connectivity index (χ4n) is 4.47. The Morgan fingerprint density at radius 1 is 0.939 bits per heavy atom. The highest BCUT2D eigenvalue weighted by atomic mass is 16.6. The lowest BCUT2D eigenvalue weighted by Crippen LogP contribution is -2.59. The van der Waals surface area contributed by atoms with Gasteiger partial charge in [0.15, 0.2) is 17.3 Å². The monoisotopic (exact) mass is 682 g/mol. The van der Waals surface area contributed by atoms with E-state index in [0.29, 0.717) is 17.1 Å². The number of alkyl carbamates (subject to hydrolysis) is 1. The van der Waals surface area contributed by atoms with Gasteiger partial charge in [-0.05, 0) is 57.9 Å². The van der Waals surface area contributed by atoms with Crippen molar-refractivity contribution in [2.75, 3.05) is 40.2 Å². The van der Waals surface area contributed by atoms with Gasteiger partial charge in [-0.25, -0.2) is 9.78 Å². The fourth-order valence-corrected chi connectivity index (χ4v) is 4.47. The number of carbonyl (C=O) groups is 4. The van der Waals surface area contributed by atoms with E-state index in [1.54, 1.807) is 57.6 Å². The molecule has 1 aromatic heterocycles. The van der Waals surface area contributed by atoms with Gasteiger partial charge in [-0.3, -0.25) is 14.4 Å². The van der Waals surface area contributed by atoms with E-state index >= 15 is 0 Å². The van der Waals surface area contributed by atoms with Gasteiger partial charge >= 0.3 is 6.09 Å². The minimum atomic E-state index is -1.44. The number of nitrogens with zero attached hydrogens (tertiary/aromatic N) is 3. The van der Waals surface area contributed by atoms with Crippen LogP contribution in [0.2, 0.25) is 0 Å². The molecule has 3 aromatic rings. The zero-order valence-corrected chi connectivity index (χ0v) is 29.0. The first-order valence-corrected chi connectivity index (χ1v) is 15.3. The molecule has 4 amide bonds. The Labute approximate surface area is 288 Å². The Kier molecular flexibility index (Phi) is 14.2. The third kappa shape index (κ3) is 11.5. The number of benzene rings is 2. The van der Waals surface area contributed by atoms with Crippen molar-refractivity contribution in [1.29, 1.82) is 0 Å². The summed E-state index contributed by atoms with van der Waals surface area (Å²) in [4.78, 5) is 58.5. The van der Waals surface area contributed by atoms with Gasteiger partial charge in [-0.15, -0.1) is 0 Å². The number of amides is 4. The predicted octanol–water partition coefficient (Wildman–Crippen LogP) is 4.16. The second kappa shape index (κ2) is 17.3. The maximum atomic E-state index is 13.6. The first-order chi connectivity index (χ1) is 22.5. The van der Waals surface area contributed by atoms with E-state index in [0.717, 1.165) is 5.56 Å². The van der Waals surface area contributed by atoms with E-state index in [1.165, 1.54) is 45.5 Å². The van der Waals surface area contributed by atoms with Crippen molar-refractivity contribution in [3.63, 3.8) is 0 Å². The van der Waals surface area contributed by atoms with Crippen LogP contribution < -0.4 is 25.4 Å². The molecular weight excluding hydrogens is 632 g/mol. The van der Waals surface area contributed by atoms with Crippen molar-refractivity contribution >= 4 is 29.6 Å². The van der Waals surface area contributed by atoms with E-state index in [-0.39, 0.29) is 32.4 Å². The molecular formula is C35H50N6O8. The van der Waals surface area contributed by atoms with Gasteiger partial charge < -0.3 is 44.4 Å². The summed E-state index contributed by atoms with van der Waals surface area (Å²) >= 11 is 0. The Morgan fingerprint density at radius 3 is 2.18 bits per heavy atom. The number of ether oxygens (including phenoxy) is 4. The molecule has 1 unspecified atom stereocenters. The van der Waals surface area contributed by atoms with E-state index in [1.807, 2.05) is 30.3 Å². The average molecular weight is 683 g/mol. The molecule has 0 aliphatic carbocycles. The molecule has 1 heterocycles. The molecule has 2 atom stereocenters. The smallest absolute Gasteiger partial charge is 0.408 e. The van der Waals surface area contributed by atoms with Gasteiger partial charge in [0.25, 0.3) is 5.91 Å². The SMILES string of the molecule is C.COc1ccc(C(C(=O)N(C)C)n2cnc(NC(=O)[C@@H](COCc3ccccc3)NC(=O)C(C)(C)NC(=O)OC(C)(C)C)c2)cc1OC. The molecule has 0 saturated carbocycles. The molecule has 268 valence electrons. The topological polar surface area (TPSA) is 162 Å². The number of imidazole rings is 1. The van der Waals surface area contributed by atoms with E-state index in [9.17, 15) is 19.2 Å². The average Bonchev–Trinajstić information content (AvgIpc) is 3.47. The molecule has 0 saturated heterocycles. The lowest BCUT2D eigenvalue weighted by atomic mass is 10.0. The highest BCUT2D eigenvalue weighted by Gasteiger charge is 2.35. The third-order valence-electron chi connectivity index (χ3n) is 6.95. The largest absolute Gasteiger partial charge is 0.493 e. The molecule has 14 heteroatoms. The zero-order chi connectivity index (χ0) is 35.6. The Bertz CT molecular complexity index is 1570. The van der Waals surface area contributed by atoms with Gasteiger partial charge in [-0.1, -0.05) is 43.8 Å². The highest BCUT2D eigenvalue weighted by Crippen LogP contribution is 2.32. The predicted molar refractivity (Wildman–Crippen MR) is 185 cm³/mol. The van der Waals surface area contributed by atoms with E-state index in [4.69, 9.17) is 18.9 Å². The summed E-state index contributed by atoms with van der Waals surface area (Å²) in [5.74, 6) is -0.452. The molecule has 0 radical (unpaired) electrons. The summed E-state index contributed by atoms with van der Waals surface area (Å²) in [5.41, 5.74) is -0.745. The summed E-state index contributed by atoms with van der Waals surface area (Å²) in [6, 6.07) is 12.5. The maximum absolute atomic E-state index is 13.6. The number of hydrogen-bond acceptors (Lipinski definition) is 9. The van der Waals surface area contributed by atoms with Crippen LogP contribution in [0.3, 0.4) is 0 Å². The van der Waals surface area contributed by atoms with Gasteiger partial charge in [0.1, 0.15) is 23.2 Å². The van der Waals surface area contributed by atoms with Crippen LogP contribution in [0, 0.1) is 0 Å². The van der Waals surface area contributed by atoms with Crippen molar-refractivity contribution in [3.8, 4) is 11.5 Å². The van der Waals surface area contributed by atoms with Crippen LogP contribution in [0.4, 0.5) is 10.6 Å². The summed E-state index contributed by atoms with van der Waals surface area (Å²) in [6.45, 7) is 8.10. The number of aromatic nitrogens is 2. The zero-order valence-electron chi connectivity index (χ0n) is 29.0. The number of rotatable bonds is 14. The molecule has 0 aliphatic rings. The fraction of sp³-hybridized carbons (Fsp3) is 0.457. The number of hydrogen-bond donors (Lipinski definition) is 3. The first-order valence-electron chi connectivity index (χ1n) is 15.3. The van der Waals surface area contributed by atoms with Gasteiger partial charge in [0.2, 0.25) is 11.8 Å². The quantitative estimate of drug-likeness (QED) is 0.227. The molecule has 0 aliphatic heterocycles. The van der Waals surface area contributed by atoms with Crippen LogP contribution in [-0.4, -0.2) is 90.4 Å². The van der Waals surface area contributed by atoms with Crippen LogP contribution in [0.25, 0.3) is 0 Å². The Morgan fingerprint density at radius 2 is 1.59 bits per heavy atom. The van der Waals surface area contributed by atoms with Crippen LogP contribution in [0.15, 0.2) is 61.1 Å². The van der Waals surface area contributed by atoms with Crippen molar-refractivity contribution in [1.82, 2.24) is 25.1 Å².